The number of nitriles is 1. The first-order valence-electron chi connectivity index (χ1n) is 6.06. The highest BCUT2D eigenvalue weighted by Gasteiger charge is 2.08. The first-order chi connectivity index (χ1) is 9.01. The number of aryl methyl sites for hydroxylation is 3. The summed E-state index contributed by atoms with van der Waals surface area (Å²) in [6.45, 7) is 6.18. The zero-order chi connectivity index (χ0) is 14.0. The van der Waals surface area contributed by atoms with Crippen LogP contribution in [0.5, 0.6) is 0 Å². The summed E-state index contributed by atoms with van der Waals surface area (Å²) in [5.41, 5.74) is 5.90. The maximum absolute atomic E-state index is 9.14. The summed E-state index contributed by atoms with van der Waals surface area (Å²) in [5, 5.41) is 13.1. The fourth-order valence-corrected chi connectivity index (χ4v) is 2.40. The fraction of sp³-hybridized carbons (Fsp3) is 0.188. The highest BCUT2D eigenvalue weighted by atomic mass is 35.5. The molecule has 0 aromatic heterocycles. The third-order valence-electron chi connectivity index (χ3n) is 3.04. The molecule has 2 rings (SSSR count). The van der Waals surface area contributed by atoms with Crippen LogP contribution < -0.4 is 5.32 Å². The van der Waals surface area contributed by atoms with Crippen LogP contribution in [-0.4, -0.2) is 0 Å². The molecule has 2 nitrogen and oxygen atoms in total. The van der Waals surface area contributed by atoms with Crippen molar-refractivity contribution in [3.8, 4) is 6.07 Å². The molecule has 0 saturated heterocycles. The minimum absolute atomic E-state index is 0.587. The molecule has 0 aliphatic carbocycles. The van der Waals surface area contributed by atoms with Crippen LogP contribution in [0.3, 0.4) is 0 Å². The summed E-state index contributed by atoms with van der Waals surface area (Å²) in [5.74, 6) is 0. The van der Waals surface area contributed by atoms with Crippen molar-refractivity contribution in [3.05, 3.63) is 57.6 Å². The van der Waals surface area contributed by atoms with Gasteiger partial charge >= 0.3 is 0 Å². The van der Waals surface area contributed by atoms with Crippen LogP contribution in [0, 0.1) is 32.1 Å². The third-order valence-corrected chi connectivity index (χ3v) is 3.27. The van der Waals surface area contributed by atoms with E-state index >= 15 is 0 Å². The number of rotatable bonds is 2. The molecule has 19 heavy (non-hydrogen) atoms. The van der Waals surface area contributed by atoms with Gasteiger partial charge in [-0.25, -0.2) is 0 Å². The molecule has 0 atom stereocenters. The summed E-state index contributed by atoms with van der Waals surface area (Å²) in [6.07, 6.45) is 0. The second-order valence-corrected chi connectivity index (χ2v) is 5.14. The lowest BCUT2D eigenvalue weighted by Gasteiger charge is -2.15. The maximum Gasteiger partial charge on any atom is 0.101 e. The fourth-order valence-electron chi connectivity index (χ4n) is 2.23. The Hall–Kier alpha value is -1.98. The Morgan fingerprint density at radius 2 is 1.68 bits per heavy atom. The molecule has 2 aromatic rings. The Morgan fingerprint density at radius 1 is 1.05 bits per heavy atom. The molecule has 0 aliphatic rings. The molecule has 0 heterocycles. The van der Waals surface area contributed by atoms with Crippen LogP contribution in [0.15, 0.2) is 30.3 Å². The van der Waals surface area contributed by atoms with Crippen molar-refractivity contribution >= 4 is 23.0 Å². The van der Waals surface area contributed by atoms with Crippen molar-refractivity contribution < 1.29 is 0 Å². The molecule has 0 bridgehead atoms. The van der Waals surface area contributed by atoms with Gasteiger partial charge in [0.15, 0.2) is 0 Å². The monoisotopic (exact) mass is 270 g/mol. The van der Waals surface area contributed by atoms with Crippen molar-refractivity contribution in [1.29, 1.82) is 5.26 Å². The number of anilines is 2. The average molecular weight is 271 g/mol. The van der Waals surface area contributed by atoms with Gasteiger partial charge in [0.2, 0.25) is 0 Å². The molecule has 3 heteroatoms. The van der Waals surface area contributed by atoms with E-state index in [1.165, 1.54) is 5.56 Å². The minimum atomic E-state index is 0.587. The Kier molecular flexibility index (Phi) is 3.78. The van der Waals surface area contributed by atoms with E-state index in [0.29, 0.717) is 10.6 Å². The van der Waals surface area contributed by atoms with E-state index in [4.69, 9.17) is 16.9 Å². The predicted molar refractivity (Wildman–Crippen MR) is 80.1 cm³/mol. The van der Waals surface area contributed by atoms with E-state index in [1.54, 1.807) is 18.2 Å². The van der Waals surface area contributed by atoms with Gasteiger partial charge in [-0.1, -0.05) is 29.3 Å². The van der Waals surface area contributed by atoms with Crippen molar-refractivity contribution in [2.24, 2.45) is 0 Å². The van der Waals surface area contributed by atoms with Crippen molar-refractivity contribution in [3.63, 3.8) is 0 Å². The van der Waals surface area contributed by atoms with Crippen LogP contribution >= 0.6 is 11.6 Å². The number of nitrogens with one attached hydrogen (secondary N) is 1. The van der Waals surface area contributed by atoms with Crippen LogP contribution in [0.25, 0.3) is 0 Å². The van der Waals surface area contributed by atoms with Gasteiger partial charge in [-0.2, -0.15) is 5.26 Å². The topological polar surface area (TPSA) is 35.8 Å². The lowest BCUT2D eigenvalue weighted by Crippen LogP contribution is -1.99. The highest BCUT2D eigenvalue weighted by molar-refractivity contribution is 6.30. The van der Waals surface area contributed by atoms with Gasteiger partial charge in [-0.05, 0) is 50.1 Å². The summed E-state index contributed by atoms with van der Waals surface area (Å²) in [6, 6.07) is 11.6. The molecule has 0 radical (unpaired) electrons. The molecule has 0 fully saturated rings. The van der Waals surface area contributed by atoms with Gasteiger partial charge in [-0.3, -0.25) is 0 Å². The molecule has 1 N–H and O–H groups in total. The quantitative estimate of drug-likeness (QED) is 0.844. The number of nitrogens with zero attached hydrogens (tertiary/aromatic N) is 1. The maximum atomic E-state index is 9.14. The van der Waals surface area contributed by atoms with Crippen LogP contribution in [0.2, 0.25) is 5.02 Å². The zero-order valence-electron chi connectivity index (χ0n) is 11.2. The highest BCUT2D eigenvalue weighted by Crippen LogP contribution is 2.29. The largest absolute Gasteiger partial charge is 0.354 e. The van der Waals surface area contributed by atoms with E-state index in [0.717, 1.165) is 22.5 Å². The first kappa shape index (κ1) is 13.5. The lowest BCUT2D eigenvalue weighted by atomic mass is 10.0. The molecular weight excluding hydrogens is 256 g/mol. The molecule has 0 spiro atoms. The Labute approximate surface area is 118 Å². The van der Waals surface area contributed by atoms with E-state index in [1.807, 2.05) is 0 Å². The van der Waals surface area contributed by atoms with E-state index < -0.39 is 0 Å². The number of hydrogen-bond donors (Lipinski definition) is 1. The molecule has 0 unspecified atom stereocenters. The number of halogens is 1. The summed E-state index contributed by atoms with van der Waals surface area (Å²) < 4.78 is 0. The normalized spacial score (nSPS) is 10.1. The predicted octanol–water partition coefficient (Wildman–Crippen LogP) is 4.88. The Morgan fingerprint density at radius 3 is 2.26 bits per heavy atom. The Bertz CT molecular complexity index is 646. The van der Waals surface area contributed by atoms with Crippen LogP contribution in [0.1, 0.15) is 22.3 Å². The van der Waals surface area contributed by atoms with E-state index in [2.05, 4.69) is 44.3 Å². The van der Waals surface area contributed by atoms with Gasteiger partial charge in [0.1, 0.15) is 6.07 Å². The second-order valence-electron chi connectivity index (χ2n) is 4.70. The third kappa shape index (κ3) is 2.89. The lowest BCUT2D eigenvalue weighted by molar-refractivity contribution is 1.31. The van der Waals surface area contributed by atoms with Gasteiger partial charge < -0.3 is 5.32 Å². The molecule has 0 aliphatic heterocycles. The van der Waals surface area contributed by atoms with Gasteiger partial charge in [0.05, 0.1) is 11.3 Å². The second kappa shape index (κ2) is 5.34. The number of hydrogen-bond acceptors (Lipinski definition) is 2. The van der Waals surface area contributed by atoms with Gasteiger partial charge in [-0.15, -0.1) is 0 Å². The zero-order valence-corrected chi connectivity index (χ0v) is 12.0. The average Bonchev–Trinajstić information content (AvgIpc) is 2.34. The van der Waals surface area contributed by atoms with Gasteiger partial charge in [0, 0.05) is 10.7 Å². The van der Waals surface area contributed by atoms with E-state index in [9.17, 15) is 0 Å². The van der Waals surface area contributed by atoms with Crippen molar-refractivity contribution in [2.75, 3.05) is 5.32 Å². The number of benzene rings is 2. The summed E-state index contributed by atoms with van der Waals surface area (Å²) in [7, 11) is 0. The molecular formula is C16H15ClN2. The van der Waals surface area contributed by atoms with Crippen molar-refractivity contribution in [2.45, 2.75) is 20.8 Å². The standard InChI is InChI=1S/C16H15ClN2/c1-10-6-11(2)16(12(3)7-10)19-15-8-14(17)5-4-13(15)9-18/h4-8,19H,1-3H3. The van der Waals surface area contributed by atoms with E-state index in [-0.39, 0.29) is 0 Å². The SMILES string of the molecule is Cc1cc(C)c(Nc2cc(Cl)ccc2C#N)c(C)c1. The molecule has 2 aromatic carbocycles. The van der Waals surface area contributed by atoms with Gasteiger partial charge in [0.25, 0.3) is 0 Å². The summed E-state index contributed by atoms with van der Waals surface area (Å²) >= 11 is 6.00. The van der Waals surface area contributed by atoms with Crippen LogP contribution in [0.4, 0.5) is 11.4 Å². The smallest absolute Gasteiger partial charge is 0.101 e. The summed E-state index contributed by atoms with van der Waals surface area (Å²) in [4.78, 5) is 0. The molecule has 0 saturated carbocycles. The Balaban J connectivity index is 2.48. The minimum Gasteiger partial charge on any atom is -0.354 e. The molecule has 96 valence electrons. The first-order valence-corrected chi connectivity index (χ1v) is 6.43. The van der Waals surface area contributed by atoms with Crippen LogP contribution in [-0.2, 0) is 0 Å². The molecule has 0 amide bonds. The van der Waals surface area contributed by atoms with Crippen molar-refractivity contribution in [1.82, 2.24) is 0 Å².